The van der Waals surface area contributed by atoms with Crippen LogP contribution < -0.4 is 0 Å². The van der Waals surface area contributed by atoms with Crippen LogP contribution in [-0.4, -0.2) is 4.57 Å². The van der Waals surface area contributed by atoms with Crippen molar-refractivity contribution in [2.75, 3.05) is 0 Å². The Labute approximate surface area is 98.2 Å². The van der Waals surface area contributed by atoms with Crippen LogP contribution in [0.1, 0.15) is 24.1 Å². The molecule has 2 aromatic rings. The second kappa shape index (κ2) is 3.38. The van der Waals surface area contributed by atoms with Crippen LogP contribution in [-0.2, 0) is 19.9 Å². The summed E-state index contributed by atoms with van der Waals surface area (Å²) in [4.78, 5) is 0. The molecule has 1 aromatic heterocycles. The molecule has 78 valence electrons. The molecule has 0 spiro atoms. The van der Waals surface area contributed by atoms with E-state index in [1.54, 1.807) is 11.3 Å². The van der Waals surface area contributed by atoms with Gasteiger partial charge in [-0.1, -0.05) is 12.1 Å². The van der Waals surface area contributed by atoms with Gasteiger partial charge >= 0.3 is 0 Å². The Morgan fingerprint density at radius 1 is 1.20 bits per heavy atom. The van der Waals surface area contributed by atoms with Crippen LogP contribution in [0.25, 0.3) is 10.9 Å². The van der Waals surface area contributed by atoms with Gasteiger partial charge in [0.15, 0.2) is 0 Å². The summed E-state index contributed by atoms with van der Waals surface area (Å²) in [5.74, 6) is 0. The maximum absolute atomic E-state index is 3.65. The fourth-order valence-electron chi connectivity index (χ4n) is 2.78. The highest BCUT2D eigenvalue weighted by molar-refractivity contribution is 9.10. The van der Waals surface area contributed by atoms with E-state index in [4.69, 9.17) is 0 Å². The van der Waals surface area contributed by atoms with Gasteiger partial charge in [-0.15, -0.1) is 0 Å². The first-order valence-corrected chi connectivity index (χ1v) is 6.33. The molecule has 1 heterocycles. The number of halogens is 1. The third-order valence-electron chi connectivity index (χ3n) is 3.49. The van der Waals surface area contributed by atoms with Crippen molar-refractivity contribution >= 4 is 26.8 Å². The zero-order chi connectivity index (χ0) is 10.4. The van der Waals surface area contributed by atoms with Crippen molar-refractivity contribution in [1.82, 2.24) is 4.57 Å². The number of nitrogens with zero attached hydrogens (tertiary/aromatic N) is 1. The molecule has 0 saturated carbocycles. The number of para-hydroxylation sites is 1. The van der Waals surface area contributed by atoms with Crippen molar-refractivity contribution in [2.45, 2.75) is 25.7 Å². The molecular weight excluding hydrogens is 250 g/mol. The third-order valence-corrected chi connectivity index (χ3v) is 4.13. The summed E-state index contributed by atoms with van der Waals surface area (Å²) in [6, 6.07) is 6.53. The van der Waals surface area contributed by atoms with E-state index in [1.807, 2.05) is 0 Å². The minimum absolute atomic E-state index is 1.22. The third kappa shape index (κ3) is 1.27. The predicted molar refractivity (Wildman–Crippen MR) is 67.3 cm³/mol. The normalized spacial score (nSPS) is 15.6. The van der Waals surface area contributed by atoms with Crippen LogP contribution in [0.3, 0.4) is 0 Å². The monoisotopic (exact) mass is 263 g/mol. The lowest BCUT2D eigenvalue weighted by molar-refractivity contribution is 0.653. The van der Waals surface area contributed by atoms with Crippen LogP contribution in [0, 0.1) is 0 Å². The molecule has 0 N–H and O–H groups in total. The van der Waals surface area contributed by atoms with Gasteiger partial charge in [-0.25, -0.2) is 0 Å². The predicted octanol–water partition coefficient (Wildman–Crippen LogP) is 3.82. The molecule has 1 aliphatic rings. The maximum atomic E-state index is 3.65. The molecular formula is C13H14BrN. The molecule has 0 saturated heterocycles. The second-order valence-electron chi connectivity index (χ2n) is 4.33. The van der Waals surface area contributed by atoms with Crippen LogP contribution in [0.2, 0.25) is 0 Å². The molecule has 1 aliphatic carbocycles. The number of hydrogen-bond donors (Lipinski definition) is 0. The topological polar surface area (TPSA) is 4.93 Å². The Kier molecular flexibility index (Phi) is 2.13. The SMILES string of the molecule is Cn1c2c(c3cccc(Br)c31)CCCC2. The summed E-state index contributed by atoms with van der Waals surface area (Å²) in [5, 5.41) is 1.45. The van der Waals surface area contributed by atoms with Crippen molar-refractivity contribution in [3.63, 3.8) is 0 Å². The summed E-state index contributed by atoms with van der Waals surface area (Å²) in [5.41, 5.74) is 4.49. The van der Waals surface area contributed by atoms with Gasteiger partial charge < -0.3 is 4.57 Å². The van der Waals surface area contributed by atoms with E-state index in [1.165, 1.54) is 41.1 Å². The molecule has 0 fully saturated rings. The minimum atomic E-state index is 1.22. The quantitative estimate of drug-likeness (QED) is 0.681. The maximum Gasteiger partial charge on any atom is 0.0627 e. The summed E-state index contributed by atoms with van der Waals surface area (Å²) in [7, 11) is 2.19. The van der Waals surface area contributed by atoms with Crippen LogP contribution in [0.4, 0.5) is 0 Å². The molecule has 2 heteroatoms. The van der Waals surface area contributed by atoms with E-state index in [0.29, 0.717) is 0 Å². The van der Waals surface area contributed by atoms with Crippen LogP contribution >= 0.6 is 15.9 Å². The number of benzene rings is 1. The molecule has 0 amide bonds. The van der Waals surface area contributed by atoms with Gasteiger partial charge in [0.2, 0.25) is 0 Å². The molecule has 0 radical (unpaired) electrons. The lowest BCUT2D eigenvalue weighted by Gasteiger charge is -2.12. The second-order valence-corrected chi connectivity index (χ2v) is 5.18. The highest BCUT2D eigenvalue weighted by atomic mass is 79.9. The first-order chi connectivity index (χ1) is 7.29. The zero-order valence-electron chi connectivity index (χ0n) is 8.89. The zero-order valence-corrected chi connectivity index (χ0v) is 10.5. The van der Waals surface area contributed by atoms with Gasteiger partial charge in [0.1, 0.15) is 0 Å². The molecule has 0 unspecified atom stereocenters. The van der Waals surface area contributed by atoms with Gasteiger partial charge in [-0.05, 0) is 53.2 Å². The Morgan fingerprint density at radius 2 is 2.00 bits per heavy atom. The van der Waals surface area contributed by atoms with E-state index < -0.39 is 0 Å². The number of fused-ring (bicyclic) bond motifs is 3. The summed E-state index contributed by atoms with van der Waals surface area (Å²) in [6.07, 6.45) is 5.18. The largest absolute Gasteiger partial charge is 0.346 e. The summed E-state index contributed by atoms with van der Waals surface area (Å²) >= 11 is 3.65. The van der Waals surface area contributed by atoms with Crippen molar-refractivity contribution < 1.29 is 0 Å². The van der Waals surface area contributed by atoms with Crippen molar-refractivity contribution in [2.24, 2.45) is 7.05 Å². The number of aromatic nitrogens is 1. The van der Waals surface area contributed by atoms with Gasteiger partial charge in [0.05, 0.1) is 5.52 Å². The fourth-order valence-corrected chi connectivity index (χ4v) is 3.42. The van der Waals surface area contributed by atoms with E-state index in [9.17, 15) is 0 Å². The van der Waals surface area contributed by atoms with E-state index >= 15 is 0 Å². The summed E-state index contributed by atoms with van der Waals surface area (Å²) < 4.78 is 3.59. The highest BCUT2D eigenvalue weighted by Gasteiger charge is 2.18. The molecule has 0 atom stereocenters. The fraction of sp³-hybridized carbons (Fsp3) is 0.385. The van der Waals surface area contributed by atoms with Crippen molar-refractivity contribution in [3.05, 3.63) is 33.9 Å². The van der Waals surface area contributed by atoms with Crippen molar-refractivity contribution in [1.29, 1.82) is 0 Å². The lowest BCUT2D eigenvalue weighted by Crippen LogP contribution is -2.04. The standard InChI is InChI=1S/C13H14BrN/c1-15-12-8-3-2-5-9(12)10-6-4-7-11(14)13(10)15/h4,6-7H,2-3,5,8H2,1H3. The van der Waals surface area contributed by atoms with Gasteiger partial charge in [-0.2, -0.15) is 0 Å². The van der Waals surface area contributed by atoms with Crippen LogP contribution in [0.15, 0.2) is 22.7 Å². The lowest BCUT2D eigenvalue weighted by atomic mass is 9.96. The van der Waals surface area contributed by atoms with Crippen LogP contribution in [0.5, 0.6) is 0 Å². The average Bonchev–Trinajstić information content (AvgIpc) is 2.55. The average molecular weight is 264 g/mol. The van der Waals surface area contributed by atoms with E-state index in [0.717, 1.165) is 0 Å². The Morgan fingerprint density at radius 3 is 2.87 bits per heavy atom. The number of aryl methyl sites for hydroxylation is 2. The molecule has 0 bridgehead atoms. The first kappa shape index (κ1) is 9.46. The Balaban J connectivity index is 2.44. The van der Waals surface area contributed by atoms with Gasteiger partial charge in [0, 0.05) is 22.6 Å². The molecule has 0 aliphatic heterocycles. The molecule has 1 aromatic carbocycles. The molecule has 3 rings (SSSR count). The van der Waals surface area contributed by atoms with E-state index in [-0.39, 0.29) is 0 Å². The number of rotatable bonds is 0. The number of hydrogen-bond acceptors (Lipinski definition) is 0. The minimum Gasteiger partial charge on any atom is -0.346 e. The van der Waals surface area contributed by atoms with Gasteiger partial charge in [0.25, 0.3) is 0 Å². The molecule has 1 nitrogen and oxygen atoms in total. The first-order valence-electron chi connectivity index (χ1n) is 5.53. The summed E-state index contributed by atoms with van der Waals surface area (Å²) in [6.45, 7) is 0. The Bertz CT molecular complexity index is 525. The smallest absolute Gasteiger partial charge is 0.0627 e. The highest BCUT2D eigenvalue weighted by Crippen LogP contribution is 2.34. The Hall–Kier alpha value is -0.760. The molecule has 15 heavy (non-hydrogen) atoms. The van der Waals surface area contributed by atoms with E-state index in [2.05, 4.69) is 45.7 Å². The van der Waals surface area contributed by atoms with Gasteiger partial charge in [-0.3, -0.25) is 0 Å². The van der Waals surface area contributed by atoms with Crippen molar-refractivity contribution in [3.8, 4) is 0 Å².